The van der Waals surface area contributed by atoms with Crippen LogP contribution in [-0.4, -0.2) is 62.3 Å². The van der Waals surface area contributed by atoms with E-state index in [1.165, 1.54) is 0 Å². The molecule has 1 aliphatic rings. The van der Waals surface area contributed by atoms with Crippen LogP contribution in [0.5, 0.6) is 5.75 Å². The van der Waals surface area contributed by atoms with E-state index in [0.29, 0.717) is 22.4 Å². The quantitative estimate of drug-likeness (QED) is 0.692. The molecule has 148 valence electrons. The van der Waals surface area contributed by atoms with Crippen LogP contribution < -0.4 is 4.74 Å². The van der Waals surface area contributed by atoms with E-state index in [1.54, 1.807) is 55.6 Å². The SMILES string of the molecule is COc1cccc(C(=O)c2ccc(C(=O)N3CC(C)(CCN(C)C)C3)cc2)c1. The van der Waals surface area contributed by atoms with Crippen LogP contribution in [0.2, 0.25) is 0 Å². The second-order valence-corrected chi connectivity index (χ2v) is 8.16. The minimum absolute atomic E-state index is 0.0303. The molecule has 0 aliphatic carbocycles. The highest BCUT2D eigenvalue weighted by atomic mass is 16.5. The summed E-state index contributed by atoms with van der Waals surface area (Å²) in [4.78, 5) is 29.4. The number of ether oxygens (including phenoxy) is 1. The topological polar surface area (TPSA) is 49.9 Å². The van der Waals surface area contributed by atoms with Gasteiger partial charge in [-0.2, -0.15) is 0 Å². The molecule has 3 rings (SSSR count). The van der Waals surface area contributed by atoms with Gasteiger partial charge in [-0.25, -0.2) is 0 Å². The van der Waals surface area contributed by atoms with Crippen molar-refractivity contribution in [3.05, 3.63) is 65.2 Å². The van der Waals surface area contributed by atoms with Crippen LogP contribution in [0.3, 0.4) is 0 Å². The maximum Gasteiger partial charge on any atom is 0.253 e. The molecule has 1 heterocycles. The summed E-state index contributed by atoms with van der Waals surface area (Å²) >= 11 is 0. The summed E-state index contributed by atoms with van der Waals surface area (Å²) in [5.74, 6) is 0.591. The number of nitrogens with zero attached hydrogens (tertiary/aromatic N) is 2. The Morgan fingerprint density at radius 3 is 2.29 bits per heavy atom. The molecule has 0 N–H and O–H groups in total. The third-order valence-corrected chi connectivity index (χ3v) is 5.32. The number of ketones is 1. The second-order valence-electron chi connectivity index (χ2n) is 8.16. The first-order valence-corrected chi connectivity index (χ1v) is 9.54. The second kappa shape index (κ2) is 8.15. The van der Waals surface area contributed by atoms with Crippen LogP contribution in [0.4, 0.5) is 0 Å². The smallest absolute Gasteiger partial charge is 0.253 e. The lowest BCUT2D eigenvalue weighted by Gasteiger charge is -2.48. The van der Waals surface area contributed by atoms with Crippen molar-refractivity contribution in [1.29, 1.82) is 0 Å². The molecule has 0 bridgehead atoms. The molecule has 0 unspecified atom stereocenters. The molecule has 0 radical (unpaired) electrons. The highest BCUT2D eigenvalue weighted by Gasteiger charge is 2.41. The van der Waals surface area contributed by atoms with Gasteiger partial charge in [0.05, 0.1) is 7.11 Å². The Hall–Kier alpha value is -2.66. The molecule has 5 nitrogen and oxygen atoms in total. The van der Waals surface area contributed by atoms with Crippen LogP contribution in [0, 0.1) is 5.41 Å². The van der Waals surface area contributed by atoms with E-state index < -0.39 is 0 Å². The molecular weight excluding hydrogens is 352 g/mol. The maximum atomic E-state index is 12.7. The molecule has 2 aromatic rings. The lowest BCUT2D eigenvalue weighted by molar-refractivity contribution is 0.00809. The fourth-order valence-corrected chi connectivity index (χ4v) is 3.55. The number of benzene rings is 2. The molecular formula is C23H28N2O3. The molecule has 1 fully saturated rings. The van der Waals surface area contributed by atoms with Crippen molar-refractivity contribution in [3.8, 4) is 5.75 Å². The number of carbonyl (C=O) groups is 2. The predicted molar refractivity (Wildman–Crippen MR) is 110 cm³/mol. The highest BCUT2D eigenvalue weighted by Crippen LogP contribution is 2.34. The van der Waals surface area contributed by atoms with Crippen molar-refractivity contribution >= 4 is 11.7 Å². The van der Waals surface area contributed by atoms with Gasteiger partial charge in [0.2, 0.25) is 0 Å². The third kappa shape index (κ3) is 4.42. The lowest BCUT2D eigenvalue weighted by atomic mass is 9.78. The highest BCUT2D eigenvalue weighted by molar-refractivity contribution is 6.09. The summed E-state index contributed by atoms with van der Waals surface area (Å²) in [7, 11) is 5.71. The van der Waals surface area contributed by atoms with E-state index in [0.717, 1.165) is 26.1 Å². The van der Waals surface area contributed by atoms with Crippen molar-refractivity contribution in [3.63, 3.8) is 0 Å². The van der Waals surface area contributed by atoms with Gasteiger partial charge in [-0.1, -0.05) is 31.2 Å². The standard InChI is InChI=1S/C23H28N2O3/c1-23(12-13-24(2)3)15-25(16-23)22(27)18-10-8-17(9-11-18)21(26)19-6-5-7-20(14-19)28-4/h5-11,14H,12-13,15-16H2,1-4H3. The normalized spacial score (nSPS) is 15.2. The van der Waals surface area contributed by atoms with Gasteiger partial charge in [-0.05, 0) is 51.3 Å². The van der Waals surface area contributed by atoms with Gasteiger partial charge >= 0.3 is 0 Å². The van der Waals surface area contributed by atoms with Gasteiger partial charge in [-0.3, -0.25) is 9.59 Å². The molecule has 5 heteroatoms. The number of rotatable bonds is 7. The Bertz CT molecular complexity index is 852. The van der Waals surface area contributed by atoms with Gasteiger partial charge in [-0.15, -0.1) is 0 Å². The van der Waals surface area contributed by atoms with Gasteiger partial charge in [0, 0.05) is 35.2 Å². The van der Waals surface area contributed by atoms with Crippen molar-refractivity contribution in [2.45, 2.75) is 13.3 Å². The van der Waals surface area contributed by atoms with Crippen LogP contribution in [0.25, 0.3) is 0 Å². The van der Waals surface area contributed by atoms with E-state index in [9.17, 15) is 9.59 Å². The minimum atomic E-state index is -0.0851. The van der Waals surface area contributed by atoms with Crippen molar-refractivity contribution in [2.24, 2.45) is 5.41 Å². The predicted octanol–water partition coefficient (Wildman–Crippen LogP) is 3.34. The van der Waals surface area contributed by atoms with Crippen LogP contribution in [0.1, 0.15) is 39.6 Å². The van der Waals surface area contributed by atoms with E-state index >= 15 is 0 Å². The van der Waals surface area contributed by atoms with E-state index in [1.807, 2.05) is 4.90 Å². The van der Waals surface area contributed by atoms with Crippen LogP contribution >= 0.6 is 0 Å². The Labute approximate surface area is 166 Å². The number of methoxy groups -OCH3 is 1. The Kier molecular flexibility index (Phi) is 5.84. The Morgan fingerprint density at radius 1 is 1.04 bits per heavy atom. The first-order valence-electron chi connectivity index (χ1n) is 9.54. The zero-order chi connectivity index (χ0) is 20.3. The molecule has 1 aliphatic heterocycles. The Morgan fingerprint density at radius 2 is 1.68 bits per heavy atom. The first kappa shape index (κ1) is 20.1. The number of hydrogen-bond donors (Lipinski definition) is 0. The molecule has 28 heavy (non-hydrogen) atoms. The van der Waals surface area contributed by atoms with Gasteiger partial charge in [0.1, 0.15) is 5.75 Å². The molecule has 1 saturated heterocycles. The van der Waals surface area contributed by atoms with E-state index in [2.05, 4.69) is 25.9 Å². The zero-order valence-corrected chi connectivity index (χ0v) is 17.1. The molecule has 0 atom stereocenters. The fourth-order valence-electron chi connectivity index (χ4n) is 3.55. The number of amides is 1. The van der Waals surface area contributed by atoms with Crippen molar-refractivity contribution in [1.82, 2.24) is 9.80 Å². The molecule has 2 aromatic carbocycles. The van der Waals surface area contributed by atoms with Crippen molar-refractivity contribution in [2.75, 3.05) is 40.8 Å². The summed E-state index contributed by atoms with van der Waals surface area (Å²) in [6.07, 6.45) is 1.08. The summed E-state index contributed by atoms with van der Waals surface area (Å²) in [5, 5.41) is 0. The van der Waals surface area contributed by atoms with Gasteiger partial charge in [0.15, 0.2) is 5.78 Å². The summed E-state index contributed by atoms with van der Waals surface area (Å²) in [6.45, 7) is 4.82. The van der Waals surface area contributed by atoms with Crippen LogP contribution in [0.15, 0.2) is 48.5 Å². The monoisotopic (exact) mass is 380 g/mol. The molecule has 1 amide bonds. The van der Waals surface area contributed by atoms with Gasteiger partial charge in [0.25, 0.3) is 5.91 Å². The summed E-state index contributed by atoms with van der Waals surface area (Å²) in [6, 6.07) is 14.0. The van der Waals surface area contributed by atoms with E-state index in [-0.39, 0.29) is 17.1 Å². The lowest BCUT2D eigenvalue weighted by Crippen LogP contribution is -2.57. The maximum absolute atomic E-state index is 12.7. The average Bonchev–Trinajstić information content (AvgIpc) is 2.69. The first-order chi connectivity index (χ1) is 13.3. The number of carbonyl (C=O) groups excluding carboxylic acids is 2. The zero-order valence-electron chi connectivity index (χ0n) is 17.1. The number of likely N-dealkylation sites (tertiary alicyclic amines) is 1. The minimum Gasteiger partial charge on any atom is -0.497 e. The van der Waals surface area contributed by atoms with E-state index in [4.69, 9.17) is 4.74 Å². The summed E-state index contributed by atoms with van der Waals surface area (Å²) < 4.78 is 5.18. The molecule has 0 spiro atoms. The van der Waals surface area contributed by atoms with Gasteiger partial charge < -0.3 is 14.5 Å². The Balaban J connectivity index is 1.63. The third-order valence-electron chi connectivity index (χ3n) is 5.32. The molecule has 0 aromatic heterocycles. The molecule has 0 saturated carbocycles. The van der Waals surface area contributed by atoms with Crippen LogP contribution in [-0.2, 0) is 0 Å². The summed E-state index contributed by atoms with van der Waals surface area (Å²) in [5.41, 5.74) is 1.95. The number of hydrogen-bond acceptors (Lipinski definition) is 4. The fraction of sp³-hybridized carbons (Fsp3) is 0.391. The van der Waals surface area contributed by atoms with Crippen molar-refractivity contribution < 1.29 is 14.3 Å². The average molecular weight is 380 g/mol. The largest absolute Gasteiger partial charge is 0.497 e.